The number of rotatable bonds is 4. The Morgan fingerprint density at radius 3 is 2.82 bits per heavy atom. The van der Waals surface area contributed by atoms with E-state index in [-0.39, 0.29) is 5.69 Å². The fourth-order valence-electron chi connectivity index (χ4n) is 2.90. The summed E-state index contributed by atoms with van der Waals surface area (Å²) in [7, 11) is 1.57. The van der Waals surface area contributed by atoms with Gasteiger partial charge in [-0.3, -0.25) is 0 Å². The minimum absolute atomic E-state index is 0.276. The van der Waals surface area contributed by atoms with Gasteiger partial charge in [-0.25, -0.2) is 15.0 Å². The van der Waals surface area contributed by atoms with Crippen LogP contribution in [-0.2, 0) is 0 Å². The van der Waals surface area contributed by atoms with Crippen LogP contribution in [0.25, 0.3) is 21.6 Å². The van der Waals surface area contributed by atoms with Gasteiger partial charge in [0.1, 0.15) is 34.3 Å². The molecular formula is C20H15N5O2S. The number of fused-ring (bicyclic) bond motifs is 1. The number of para-hydroxylation sites is 1. The third kappa shape index (κ3) is 3.13. The summed E-state index contributed by atoms with van der Waals surface area (Å²) in [5.74, 6) is 1.32. The highest BCUT2D eigenvalue weighted by molar-refractivity contribution is 7.18. The molecule has 0 radical (unpaired) electrons. The molecule has 4 aromatic rings. The van der Waals surface area contributed by atoms with Gasteiger partial charge in [-0.2, -0.15) is 5.26 Å². The van der Waals surface area contributed by atoms with Crippen molar-refractivity contribution in [2.24, 2.45) is 0 Å². The van der Waals surface area contributed by atoms with Crippen LogP contribution in [0.4, 0.5) is 5.82 Å². The molecule has 0 aliphatic rings. The highest BCUT2D eigenvalue weighted by atomic mass is 32.1. The van der Waals surface area contributed by atoms with Crippen molar-refractivity contribution in [3.8, 4) is 23.2 Å². The zero-order valence-corrected chi connectivity index (χ0v) is 15.6. The Kier molecular flexibility index (Phi) is 4.61. The number of pyridine rings is 1. The summed E-state index contributed by atoms with van der Waals surface area (Å²) in [6.45, 7) is 0. The van der Waals surface area contributed by atoms with E-state index in [1.807, 2.05) is 24.3 Å². The Hall–Kier alpha value is -3.54. The first kappa shape index (κ1) is 17.9. The predicted octanol–water partition coefficient (Wildman–Crippen LogP) is 3.30. The van der Waals surface area contributed by atoms with Gasteiger partial charge in [-0.1, -0.05) is 18.2 Å². The fraction of sp³-hybridized carbons (Fsp3) is 0.100. The number of methoxy groups -OCH3 is 1. The lowest BCUT2D eigenvalue weighted by molar-refractivity contribution is 0.218. The van der Waals surface area contributed by atoms with Crippen molar-refractivity contribution < 1.29 is 9.84 Å². The second-order valence-corrected chi connectivity index (χ2v) is 7.05. The largest absolute Gasteiger partial charge is 0.496 e. The van der Waals surface area contributed by atoms with Gasteiger partial charge in [0, 0.05) is 22.2 Å². The highest BCUT2D eigenvalue weighted by Crippen LogP contribution is 2.37. The minimum Gasteiger partial charge on any atom is -0.496 e. The number of ether oxygens (including phenoxy) is 1. The van der Waals surface area contributed by atoms with Crippen molar-refractivity contribution in [1.82, 2.24) is 15.0 Å². The summed E-state index contributed by atoms with van der Waals surface area (Å²) in [4.78, 5) is 14.2. The molecule has 1 aromatic carbocycles. The first-order valence-electron chi connectivity index (χ1n) is 8.35. The molecule has 3 heterocycles. The number of nitriles is 1. The van der Waals surface area contributed by atoms with E-state index in [2.05, 4.69) is 15.0 Å². The van der Waals surface area contributed by atoms with E-state index in [9.17, 15) is 5.11 Å². The Bertz CT molecular complexity index is 1210. The van der Waals surface area contributed by atoms with E-state index in [0.29, 0.717) is 43.6 Å². The van der Waals surface area contributed by atoms with E-state index < -0.39 is 6.10 Å². The minimum atomic E-state index is -0.871. The number of benzene rings is 1. The van der Waals surface area contributed by atoms with Gasteiger partial charge in [0.05, 0.1) is 12.5 Å². The van der Waals surface area contributed by atoms with E-state index in [1.54, 1.807) is 31.4 Å². The van der Waals surface area contributed by atoms with Crippen molar-refractivity contribution in [3.63, 3.8) is 0 Å². The molecule has 3 aromatic heterocycles. The standard InChI is InChI=1S/C20H15N5O2S/c1-27-15-5-3-2-4-13(15)17(26)16-9-14-18(22)24-19(25-20(14)28-16)11-6-7-23-12(8-11)10-21/h2-9,17,26H,1H3,(H2,22,24,25). The quantitative estimate of drug-likeness (QED) is 0.550. The smallest absolute Gasteiger partial charge is 0.163 e. The number of hydrogen-bond acceptors (Lipinski definition) is 8. The summed E-state index contributed by atoms with van der Waals surface area (Å²) < 4.78 is 5.34. The molecule has 138 valence electrons. The molecule has 0 spiro atoms. The molecule has 7 nitrogen and oxygen atoms in total. The normalized spacial score (nSPS) is 11.9. The van der Waals surface area contributed by atoms with Gasteiger partial charge in [0.25, 0.3) is 0 Å². The molecule has 28 heavy (non-hydrogen) atoms. The molecule has 0 bridgehead atoms. The van der Waals surface area contributed by atoms with Crippen LogP contribution in [0.15, 0.2) is 48.7 Å². The molecular weight excluding hydrogens is 374 g/mol. The van der Waals surface area contributed by atoms with Crippen LogP contribution in [-0.4, -0.2) is 27.2 Å². The van der Waals surface area contributed by atoms with Crippen molar-refractivity contribution in [2.75, 3.05) is 12.8 Å². The van der Waals surface area contributed by atoms with Crippen LogP contribution in [0, 0.1) is 11.3 Å². The summed E-state index contributed by atoms with van der Waals surface area (Å²) in [6, 6.07) is 14.4. The van der Waals surface area contributed by atoms with Gasteiger partial charge in [0.2, 0.25) is 0 Å². The number of nitrogens with zero attached hydrogens (tertiary/aromatic N) is 4. The Morgan fingerprint density at radius 1 is 1.21 bits per heavy atom. The molecule has 0 fully saturated rings. The second-order valence-electron chi connectivity index (χ2n) is 5.99. The molecule has 0 aliphatic carbocycles. The highest BCUT2D eigenvalue weighted by Gasteiger charge is 2.20. The molecule has 0 aliphatic heterocycles. The summed E-state index contributed by atoms with van der Waals surface area (Å²) in [5.41, 5.74) is 7.73. The number of nitrogen functional groups attached to an aromatic ring is 1. The zero-order chi connectivity index (χ0) is 19.7. The topological polar surface area (TPSA) is 118 Å². The predicted molar refractivity (Wildman–Crippen MR) is 107 cm³/mol. The third-order valence-electron chi connectivity index (χ3n) is 4.28. The van der Waals surface area contributed by atoms with Crippen molar-refractivity contribution in [1.29, 1.82) is 5.26 Å². The first-order chi connectivity index (χ1) is 13.6. The molecule has 3 N–H and O–H groups in total. The van der Waals surface area contributed by atoms with Crippen LogP contribution in [0.1, 0.15) is 22.2 Å². The summed E-state index contributed by atoms with van der Waals surface area (Å²) in [5, 5.41) is 20.6. The number of aliphatic hydroxyl groups is 1. The van der Waals surface area contributed by atoms with Gasteiger partial charge >= 0.3 is 0 Å². The maximum Gasteiger partial charge on any atom is 0.163 e. The lowest BCUT2D eigenvalue weighted by Crippen LogP contribution is -2.00. The number of thiophene rings is 1. The number of aliphatic hydroxyl groups excluding tert-OH is 1. The molecule has 0 saturated carbocycles. The zero-order valence-electron chi connectivity index (χ0n) is 14.8. The van der Waals surface area contributed by atoms with Gasteiger partial charge in [-0.05, 0) is 24.3 Å². The van der Waals surface area contributed by atoms with Crippen LogP contribution >= 0.6 is 11.3 Å². The fourth-order valence-corrected chi connectivity index (χ4v) is 3.95. The molecule has 0 saturated heterocycles. The number of anilines is 1. The number of hydrogen-bond donors (Lipinski definition) is 2. The Balaban J connectivity index is 1.79. The van der Waals surface area contributed by atoms with Crippen LogP contribution in [0.3, 0.4) is 0 Å². The average molecular weight is 389 g/mol. The van der Waals surface area contributed by atoms with Crippen LogP contribution in [0.5, 0.6) is 5.75 Å². The van der Waals surface area contributed by atoms with E-state index in [4.69, 9.17) is 15.7 Å². The Morgan fingerprint density at radius 2 is 2.04 bits per heavy atom. The maximum absolute atomic E-state index is 10.8. The van der Waals surface area contributed by atoms with E-state index >= 15 is 0 Å². The molecule has 4 rings (SSSR count). The monoisotopic (exact) mass is 389 g/mol. The number of aromatic nitrogens is 3. The molecule has 8 heteroatoms. The van der Waals surface area contributed by atoms with Crippen molar-refractivity contribution in [3.05, 3.63) is 64.8 Å². The SMILES string of the molecule is COc1ccccc1C(O)c1cc2c(N)nc(-c3ccnc(C#N)c3)nc2s1. The summed E-state index contributed by atoms with van der Waals surface area (Å²) in [6.07, 6.45) is 0.660. The first-order valence-corrected chi connectivity index (χ1v) is 9.17. The molecule has 1 unspecified atom stereocenters. The van der Waals surface area contributed by atoms with Crippen LogP contribution < -0.4 is 10.5 Å². The second kappa shape index (κ2) is 7.23. The van der Waals surface area contributed by atoms with Crippen LogP contribution in [0.2, 0.25) is 0 Å². The van der Waals surface area contributed by atoms with Crippen molar-refractivity contribution >= 4 is 27.4 Å². The van der Waals surface area contributed by atoms with E-state index in [0.717, 1.165) is 0 Å². The summed E-state index contributed by atoms with van der Waals surface area (Å²) >= 11 is 1.34. The average Bonchev–Trinajstić information content (AvgIpc) is 3.18. The third-order valence-corrected chi connectivity index (χ3v) is 5.36. The van der Waals surface area contributed by atoms with Gasteiger partial charge in [-0.15, -0.1) is 11.3 Å². The number of nitrogens with two attached hydrogens (primary N) is 1. The lowest BCUT2D eigenvalue weighted by atomic mass is 10.1. The van der Waals surface area contributed by atoms with Crippen molar-refractivity contribution in [2.45, 2.75) is 6.10 Å². The molecule has 1 atom stereocenters. The Labute approximate surface area is 164 Å². The lowest BCUT2D eigenvalue weighted by Gasteiger charge is -2.12. The van der Waals surface area contributed by atoms with E-state index in [1.165, 1.54) is 17.5 Å². The maximum atomic E-state index is 10.8. The van der Waals surface area contributed by atoms with Gasteiger partial charge < -0.3 is 15.6 Å². The molecule has 0 amide bonds. The van der Waals surface area contributed by atoms with Gasteiger partial charge in [0.15, 0.2) is 5.82 Å².